The summed E-state index contributed by atoms with van der Waals surface area (Å²) in [6.07, 6.45) is 0. The van der Waals surface area contributed by atoms with E-state index in [0.29, 0.717) is 12.1 Å². The van der Waals surface area contributed by atoms with Crippen LogP contribution in [-0.4, -0.2) is 52.7 Å². The molecule has 0 saturated carbocycles. The van der Waals surface area contributed by atoms with Gasteiger partial charge >= 0.3 is 0 Å². The van der Waals surface area contributed by atoms with Gasteiger partial charge in [0.05, 0.1) is 18.2 Å². The van der Waals surface area contributed by atoms with Gasteiger partial charge in [-0.1, -0.05) is 60.2 Å². The van der Waals surface area contributed by atoms with E-state index in [4.69, 9.17) is 0 Å². The van der Waals surface area contributed by atoms with Gasteiger partial charge < -0.3 is 14.6 Å². The summed E-state index contributed by atoms with van der Waals surface area (Å²) in [5.74, 6) is 0.0799. The Hall–Kier alpha value is -2.89. The first-order valence-corrected chi connectivity index (χ1v) is 10.9. The van der Waals surface area contributed by atoms with Crippen LogP contribution in [0.4, 0.5) is 0 Å². The Labute approximate surface area is 184 Å². The van der Waals surface area contributed by atoms with Crippen LogP contribution in [0.1, 0.15) is 34.0 Å². The molecular weight excluding hydrogens is 386 g/mol. The van der Waals surface area contributed by atoms with Crippen molar-refractivity contribution >= 4 is 0 Å². The number of hydrogen-bond acceptors (Lipinski definition) is 4. The first-order chi connectivity index (χ1) is 14.9. The molecular formula is C26H31N3O2. The first-order valence-electron chi connectivity index (χ1n) is 10.9. The van der Waals surface area contributed by atoms with Gasteiger partial charge in [-0.3, -0.25) is 9.69 Å². The monoisotopic (exact) mass is 417 g/mol. The molecule has 0 radical (unpaired) electrons. The van der Waals surface area contributed by atoms with Crippen molar-refractivity contribution in [1.82, 2.24) is 14.4 Å². The third kappa shape index (κ3) is 4.58. The van der Waals surface area contributed by atoms with Crippen molar-refractivity contribution in [3.63, 3.8) is 0 Å². The zero-order valence-corrected chi connectivity index (χ0v) is 18.6. The van der Waals surface area contributed by atoms with E-state index in [1.807, 2.05) is 37.3 Å². The molecule has 1 aliphatic rings. The second-order valence-electron chi connectivity index (χ2n) is 8.61. The van der Waals surface area contributed by atoms with Gasteiger partial charge in [-0.15, -0.1) is 0 Å². The van der Waals surface area contributed by atoms with Crippen molar-refractivity contribution in [2.75, 3.05) is 33.2 Å². The Balaban J connectivity index is 1.83. The van der Waals surface area contributed by atoms with Crippen LogP contribution in [0.3, 0.4) is 0 Å². The van der Waals surface area contributed by atoms with Crippen LogP contribution in [0.2, 0.25) is 0 Å². The van der Waals surface area contributed by atoms with Crippen molar-refractivity contribution in [2.24, 2.45) is 0 Å². The maximum atomic E-state index is 13.8. The molecule has 31 heavy (non-hydrogen) atoms. The fourth-order valence-electron chi connectivity index (χ4n) is 4.38. The number of piperazine rings is 1. The molecule has 1 atom stereocenters. The molecule has 1 N–H and O–H groups in total. The third-order valence-electron chi connectivity index (χ3n) is 6.28. The number of hydrogen-bond donors (Lipinski definition) is 1. The smallest absolute Gasteiger partial charge is 0.259 e. The number of aryl methyl sites for hydroxylation is 2. The average Bonchev–Trinajstić information content (AvgIpc) is 2.76. The number of aromatic hydroxyl groups is 1. The second kappa shape index (κ2) is 9.08. The van der Waals surface area contributed by atoms with Crippen molar-refractivity contribution in [3.8, 4) is 5.75 Å². The van der Waals surface area contributed by atoms with Crippen molar-refractivity contribution in [1.29, 1.82) is 0 Å². The van der Waals surface area contributed by atoms with Crippen LogP contribution < -0.4 is 5.56 Å². The minimum atomic E-state index is -0.274. The Morgan fingerprint density at radius 3 is 2.23 bits per heavy atom. The first kappa shape index (κ1) is 21.3. The van der Waals surface area contributed by atoms with E-state index in [0.717, 1.165) is 43.0 Å². The van der Waals surface area contributed by atoms with Gasteiger partial charge in [-0.05, 0) is 38.1 Å². The Morgan fingerprint density at radius 1 is 0.935 bits per heavy atom. The fourth-order valence-corrected chi connectivity index (χ4v) is 4.38. The molecule has 1 fully saturated rings. The predicted octanol–water partition coefficient (Wildman–Crippen LogP) is 3.56. The lowest BCUT2D eigenvalue weighted by molar-refractivity contribution is 0.125. The van der Waals surface area contributed by atoms with E-state index in [2.05, 4.69) is 48.0 Å². The summed E-state index contributed by atoms with van der Waals surface area (Å²) in [6, 6.07) is 19.8. The standard InChI is InChI=1S/C26H31N3O2/c1-19-9-11-22(12-10-19)25(28-15-13-27(3)14-16-28)24-23(30)17-20(2)29(26(24)31)18-21-7-5-4-6-8-21/h4-12,17,25,30H,13-16,18H2,1-3H3/t25-/m0/s1. The highest BCUT2D eigenvalue weighted by Gasteiger charge is 2.30. The van der Waals surface area contributed by atoms with Crippen LogP contribution in [0.25, 0.3) is 0 Å². The minimum absolute atomic E-state index is 0.0799. The van der Waals surface area contributed by atoms with E-state index < -0.39 is 0 Å². The van der Waals surface area contributed by atoms with Gasteiger partial charge in [-0.25, -0.2) is 0 Å². The summed E-state index contributed by atoms with van der Waals surface area (Å²) >= 11 is 0. The lowest BCUT2D eigenvalue weighted by atomic mass is 9.95. The molecule has 2 aromatic carbocycles. The zero-order chi connectivity index (χ0) is 22.0. The molecule has 5 nitrogen and oxygen atoms in total. The summed E-state index contributed by atoms with van der Waals surface area (Å²) in [6.45, 7) is 8.00. The van der Waals surface area contributed by atoms with Crippen LogP contribution in [0.15, 0.2) is 65.5 Å². The summed E-state index contributed by atoms with van der Waals surface area (Å²) < 4.78 is 1.78. The molecule has 1 saturated heterocycles. The predicted molar refractivity (Wildman–Crippen MR) is 125 cm³/mol. The molecule has 5 heteroatoms. The van der Waals surface area contributed by atoms with E-state index in [-0.39, 0.29) is 17.4 Å². The number of nitrogens with zero attached hydrogens (tertiary/aromatic N) is 3. The molecule has 0 amide bonds. The van der Waals surface area contributed by atoms with Gasteiger partial charge in [0.15, 0.2) is 0 Å². The average molecular weight is 418 g/mol. The molecule has 0 spiro atoms. The van der Waals surface area contributed by atoms with Gasteiger partial charge in [0.25, 0.3) is 5.56 Å². The number of benzene rings is 2. The number of aromatic nitrogens is 1. The number of likely N-dealkylation sites (N-methyl/N-ethyl adjacent to an activating group) is 1. The molecule has 0 aliphatic carbocycles. The lowest BCUT2D eigenvalue weighted by Crippen LogP contribution is -2.47. The number of rotatable bonds is 5. The maximum absolute atomic E-state index is 13.8. The summed E-state index contributed by atoms with van der Waals surface area (Å²) in [5, 5.41) is 11.0. The van der Waals surface area contributed by atoms with Crippen molar-refractivity contribution < 1.29 is 5.11 Å². The van der Waals surface area contributed by atoms with E-state index >= 15 is 0 Å². The highest BCUT2D eigenvalue weighted by Crippen LogP contribution is 2.33. The Morgan fingerprint density at radius 2 is 1.58 bits per heavy atom. The van der Waals surface area contributed by atoms with E-state index in [9.17, 15) is 9.90 Å². The van der Waals surface area contributed by atoms with Gasteiger partial charge in [-0.2, -0.15) is 0 Å². The van der Waals surface area contributed by atoms with E-state index in [1.165, 1.54) is 5.56 Å². The third-order valence-corrected chi connectivity index (χ3v) is 6.28. The van der Waals surface area contributed by atoms with Crippen LogP contribution in [-0.2, 0) is 6.54 Å². The zero-order valence-electron chi connectivity index (χ0n) is 18.6. The molecule has 4 rings (SSSR count). The molecule has 1 aliphatic heterocycles. The van der Waals surface area contributed by atoms with Crippen molar-refractivity contribution in [2.45, 2.75) is 26.4 Å². The molecule has 0 bridgehead atoms. The fraction of sp³-hybridized carbons (Fsp3) is 0.346. The molecule has 1 aromatic heterocycles. The highest BCUT2D eigenvalue weighted by molar-refractivity contribution is 5.42. The molecule has 162 valence electrons. The van der Waals surface area contributed by atoms with Gasteiger partial charge in [0.2, 0.25) is 0 Å². The topological polar surface area (TPSA) is 48.7 Å². The van der Waals surface area contributed by atoms with Gasteiger partial charge in [0, 0.05) is 31.9 Å². The normalized spacial score (nSPS) is 16.4. The molecule has 2 heterocycles. The summed E-state index contributed by atoms with van der Waals surface area (Å²) in [5.41, 5.74) is 4.39. The van der Waals surface area contributed by atoms with Crippen LogP contribution >= 0.6 is 0 Å². The van der Waals surface area contributed by atoms with E-state index in [1.54, 1.807) is 10.6 Å². The lowest BCUT2D eigenvalue weighted by Gasteiger charge is -2.38. The Bertz CT molecular complexity index is 1080. The highest BCUT2D eigenvalue weighted by atomic mass is 16.3. The largest absolute Gasteiger partial charge is 0.507 e. The SMILES string of the molecule is Cc1ccc([C@@H](c2c(O)cc(C)n(Cc3ccccc3)c2=O)N2CCN(C)CC2)cc1. The van der Waals surface area contributed by atoms with Crippen LogP contribution in [0.5, 0.6) is 5.75 Å². The van der Waals surface area contributed by atoms with Crippen molar-refractivity contribution in [3.05, 3.63) is 99.0 Å². The van der Waals surface area contributed by atoms with Gasteiger partial charge in [0.1, 0.15) is 5.75 Å². The molecule has 3 aromatic rings. The minimum Gasteiger partial charge on any atom is -0.507 e. The molecule has 0 unspecified atom stereocenters. The second-order valence-corrected chi connectivity index (χ2v) is 8.61. The number of pyridine rings is 1. The summed E-state index contributed by atoms with van der Waals surface area (Å²) in [7, 11) is 2.12. The summed E-state index contributed by atoms with van der Waals surface area (Å²) in [4.78, 5) is 18.4. The van der Waals surface area contributed by atoms with Crippen LogP contribution in [0, 0.1) is 13.8 Å². The Kier molecular flexibility index (Phi) is 6.25. The quantitative estimate of drug-likeness (QED) is 0.690. The maximum Gasteiger partial charge on any atom is 0.259 e.